The van der Waals surface area contributed by atoms with E-state index in [-0.39, 0.29) is 0 Å². The molecule has 2 aromatic carbocycles. The van der Waals surface area contributed by atoms with Crippen LogP contribution in [0.3, 0.4) is 0 Å². The Balaban J connectivity index is 1.37. The quantitative estimate of drug-likeness (QED) is 0.400. The van der Waals surface area contributed by atoms with Gasteiger partial charge >= 0.3 is 5.97 Å². The van der Waals surface area contributed by atoms with E-state index < -0.39 is 12.0 Å². The van der Waals surface area contributed by atoms with Crippen molar-refractivity contribution in [3.63, 3.8) is 0 Å². The minimum absolute atomic E-state index is 0.459. The number of carboxylic acids is 1. The van der Waals surface area contributed by atoms with E-state index in [1.807, 2.05) is 42.5 Å². The van der Waals surface area contributed by atoms with Gasteiger partial charge in [-0.25, -0.2) is 9.78 Å². The molecule has 0 saturated carbocycles. The molecule has 4 rings (SSSR count). The van der Waals surface area contributed by atoms with Crippen molar-refractivity contribution in [3.05, 3.63) is 52.5 Å². The molecule has 144 valence electrons. The van der Waals surface area contributed by atoms with Gasteiger partial charge in [-0.1, -0.05) is 11.6 Å². The van der Waals surface area contributed by atoms with Crippen LogP contribution in [0.4, 0.5) is 0 Å². The van der Waals surface area contributed by atoms with Crippen molar-refractivity contribution in [1.29, 1.82) is 0 Å². The number of carboxylic acid groups (broad SMARTS) is 1. The fourth-order valence-electron chi connectivity index (χ4n) is 2.55. The van der Waals surface area contributed by atoms with Crippen molar-refractivity contribution in [2.24, 2.45) is 4.99 Å². The summed E-state index contributed by atoms with van der Waals surface area (Å²) in [5, 5.41) is 11.3. The van der Waals surface area contributed by atoms with Crippen LogP contribution in [0.1, 0.15) is 5.01 Å². The van der Waals surface area contributed by atoms with Gasteiger partial charge in [0, 0.05) is 21.4 Å². The normalized spacial score (nSPS) is 16.3. The Bertz CT molecular complexity index is 1040. The molecule has 1 unspecified atom stereocenters. The Kier molecular flexibility index (Phi) is 6.10. The lowest BCUT2D eigenvalue weighted by atomic mass is 10.3. The van der Waals surface area contributed by atoms with E-state index in [4.69, 9.17) is 21.4 Å². The fourth-order valence-corrected chi connectivity index (χ4v) is 5.50. The number of aliphatic imine (C=N–C) groups is 1. The van der Waals surface area contributed by atoms with Crippen LogP contribution in [0.5, 0.6) is 5.75 Å². The first kappa shape index (κ1) is 19.6. The fraction of sp³-hybridized carbons (Fsp3) is 0.211. The van der Waals surface area contributed by atoms with Crippen LogP contribution in [-0.4, -0.2) is 45.3 Å². The minimum atomic E-state index is -0.893. The second-order valence-corrected chi connectivity index (χ2v) is 9.54. The number of rotatable bonds is 7. The van der Waals surface area contributed by atoms with Crippen LogP contribution < -0.4 is 4.74 Å². The number of thioether (sulfide) groups is 2. The molecule has 0 saturated heterocycles. The predicted molar refractivity (Wildman–Crippen MR) is 118 cm³/mol. The molecule has 1 aromatic heterocycles. The molecular weight excluding hydrogens is 436 g/mol. The maximum absolute atomic E-state index is 11.1. The summed E-state index contributed by atoms with van der Waals surface area (Å²) in [7, 11) is 0. The van der Waals surface area contributed by atoms with Crippen LogP contribution in [0.2, 0.25) is 5.02 Å². The molecule has 28 heavy (non-hydrogen) atoms. The van der Waals surface area contributed by atoms with Crippen molar-refractivity contribution in [2.45, 2.75) is 10.9 Å². The lowest BCUT2D eigenvalue weighted by molar-refractivity contribution is -0.137. The summed E-state index contributed by atoms with van der Waals surface area (Å²) in [4.78, 5) is 21.1. The van der Waals surface area contributed by atoms with Gasteiger partial charge in [0.15, 0.2) is 6.04 Å². The molecule has 9 heteroatoms. The number of hydrogen-bond acceptors (Lipinski definition) is 7. The molecule has 0 amide bonds. The van der Waals surface area contributed by atoms with Gasteiger partial charge in [-0.15, -0.1) is 34.9 Å². The molecule has 0 fully saturated rings. The number of benzene rings is 2. The van der Waals surface area contributed by atoms with Gasteiger partial charge in [0.2, 0.25) is 0 Å². The molecule has 1 aliphatic rings. The molecule has 0 aliphatic carbocycles. The zero-order valence-corrected chi connectivity index (χ0v) is 17.7. The van der Waals surface area contributed by atoms with Crippen LogP contribution in [-0.2, 0) is 4.79 Å². The molecule has 3 aromatic rings. The second kappa shape index (κ2) is 8.73. The number of aromatic nitrogens is 1. The van der Waals surface area contributed by atoms with E-state index in [1.165, 1.54) is 23.1 Å². The van der Waals surface area contributed by atoms with Gasteiger partial charge < -0.3 is 9.84 Å². The summed E-state index contributed by atoms with van der Waals surface area (Å²) in [6.07, 6.45) is 0. The summed E-state index contributed by atoms with van der Waals surface area (Å²) < 4.78 is 6.86. The molecule has 2 heterocycles. The van der Waals surface area contributed by atoms with Crippen molar-refractivity contribution in [2.75, 3.05) is 18.1 Å². The number of hydrogen-bond donors (Lipinski definition) is 1. The zero-order valence-electron chi connectivity index (χ0n) is 14.5. The number of thiazole rings is 1. The zero-order chi connectivity index (χ0) is 19.5. The van der Waals surface area contributed by atoms with Gasteiger partial charge in [0.05, 0.1) is 16.8 Å². The number of ether oxygens (including phenoxy) is 1. The van der Waals surface area contributed by atoms with E-state index in [1.54, 1.807) is 11.8 Å². The van der Waals surface area contributed by atoms with Crippen molar-refractivity contribution in [3.8, 4) is 5.75 Å². The van der Waals surface area contributed by atoms with Crippen molar-refractivity contribution < 1.29 is 14.6 Å². The Morgan fingerprint density at radius 3 is 2.86 bits per heavy atom. The lowest BCUT2D eigenvalue weighted by Gasteiger charge is -2.06. The molecule has 0 bridgehead atoms. The molecule has 1 aliphatic heterocycles. The Morgan fingerprint density at radius 1 is 1.29 bits per heavy atom. The number of nitrogens with zero attached hydrogens (tertiary/aromatic N) is 2. The third kappa shape index (κ3) is 4.63. The topological polar surface area (TPSA) is 71.8 Å². The highest BCUT2D eigenvalue weighted by Crippen LogP contribution is 2.31. The number of halogens is 1. The first-order valence-electron chi connectivity index (χ1n) is 8.44. The lowest BCUT2D eigenvalue weighted by Crippen LogP contribution is -2.17. The van der Waals surface area contributed by atoms with Gasteiger partial charge in [-0.2, -0.15) is 0 Å². The standard InChI is InChI=1S/C19H15ClN2O3S3/c20-11-1-4-13(5-2-11)26-8-7-25-12-3-6-14-16(9-12)28-18(21-14)17-22-15(10-27-17)19(23)24/h1-6,9,15H,7-8,10H2,(H,23,24). The SMILES string of the molecule is O=C(O)C1CSC(c2nc3ccc(OCCSc4ccc(Cl)cc4)cc3s2)=N1. The first-order valence-corrected chi connectivity index (χ1v) is 11.6. The summed E-state index contributed by atoms with van der Waals surface area (Å²) in [6, 6.07) is 12.9. The molecular formula is C19H15ClN2O3S3. The highest BCUT2D eigenvalue weighted by atomic mass is 35.5. The highest BCUT2D eigenvalue weighted by Gasteiger charge is 2.26. The molecule has 1 N–H and O–H groups in total. The third-order valence-corrected chi connectivity index (χ3v) is 7.35. The van der Waals surface area contributed by atoms with Crippen LogP contribution in [0.25, 0.3) is 10.2 Å². The predicted octanol–water partition coefficient (Wildman–Crippen LogP) is 5.07. The van der Waals surface area contributed by atoms with E-state index in [9.17, 15) is 4.79 Å². The average molecular weight is 451 g/mol. The first-order chi connectivity index (χ1) is 13.6. The Hall–Kier alpha value is -1.74. The number of fused-ring (bicyclic) bond motifs is 1. The Labute approximate surface area is 179 Å². The minimum Gasteiger partial charge on any atom is -0.493 e. The summed E-state index contributed by atoms with van der Waals surface area (Å²) >= 11 is 10.6. The molecule has 5 nitrogen and oxygen atoms in total. The Morgan fingerprint density at radius 2 is 2.11 bits per heavy atom. The van der Waals surface area contributed by atoms with E-state index in [2.05, 4.69) is 9.98 Å². The average Bonchev–Trinajstić information content (AvgIpc) is 3.33. The molecule has 1 atom stereocenters. The molecule has 0 radical (unpaired) electrons. The summed E-state index contributed by atoms with van der Waals surface area (Å²) in [5.41, 5.74) is 0.866. The van der Waals surface area contributed by atoms with E-state index in [0.29, 0.717) is 17.4 Å². The van der Waals surface area contributed by atoms with Crippen molar-refractivity contribution in [1.82, 2.24) is 4.98 Å². The maximum atomic E-state index is 11.1. The molecule has 0 spiro atoms. The van der Waals surface area contributed by atoms with E-state index >= 15 is 0 Å². The van der Waals surface area contributed by atoms with Crippen LogP contribution >= 0.6 is 46.5 Å². The summed E-state index contributed by atoms with van der Waals surface area (Å²) in [5.74, 6) is 1.19. The van der Waals surface area contributed by atoms with Crippen LogP contribution in [0, 0.1) is 0 Å². The van der Waals surface area contributed by atoms with Gasteiger partial charge in [0.1, 0.15) is 15.8 Å². The smallest absolute Gasteiger partial charge is 0.329 e. The number of carbonyl (C=O) groups is 1. The van der Waals surface area contributed by atoms with Gasteiger partial charge in [0.25, 0.3) is 0 Å². The van der Waals surface area contributed by atoms with Gasteiger partial charge in [-0.3, -0.25) is 4.99 Å². The summed E-state index contributed by atoms with van der Waals surface area (Å²) in [6.45, 7) is 0.591. The monoisotopic (exact) mass is 450 g/mol. The number of aliphatic carboxylic acids is 1. The maximum Gasteiger partial charge on any atom is 0.329 e. The largest absolute Gasteiger partial charge is 0.493 e. The van der Waals surface area contributed by atoms with Crippen molar-refractivity contribution >= 4 is 67.7 Å². The van der Waals surface area contributed by atoms with E-state index in [0.717, 1.165) is 36.6 Å². The highest BCUT2D eigenvalue weighted by molar-refractivity contribution is 8.15. The second-order valence-electron chi connectivity index (χ2n) is 5.90. The van der Waals surface area contributed by atoms with Gasteiger partial charge in [-0.05, 0) is 42.5 Å². The van der Waals surface area contributed by atoms with Crippen LogP contribution in [0.15, 0.2) is 52.4 Å². The third-order valence-electron chi connectivity index (χ3n) is 3.91.